The monoisotopic (exact) mass is 405 g/mol. The van der Waals surface area contributed by atoms with Crippen molar-refractivity contribution in [2.75, 3.05) is 18.0 Å². The van der Waals surface area contributed by atoms with Crippen LogP contribution >= 0.6 is 15.9 Å². The van der Waals surface area contributed by atoms with Gasteiger partial charge in [-0.1, -0.05) is 0 Å². The zero-order valence-corrected chi connectivity index (χ0v) is 15.3. The number of hydrogen-bond donors (Lipinski definition) is 1. The van der Waals surface area contributed by atoms with Crippen LogP contribution < -0.4 is 4.90 Å². The van der Waals surface area contributed by atoms with Crippen molar-refractivity contribution in [3.63, 3.8) is 0 Å². The standard InChI is InChI=1S/C14H12BrN5O.C2H4O2/c1-8-13(21)19-7-6-18-14(19)20(8)10-3-2-9-12(11(10)15)17-5-4-16-9;1-2(3)4/h2-5,8H,6-7H2,1H3;1H3,(H,3,4). The molecule has 1 saturated heterocycles. The maximum Gasteiger partial charge on any atom is 0.300 e. The van der Waals surface area contributed by atoms with Crippen LogP contribution in [0.4, 0.5) is 5.69 Å². The summed E-state index contributed by atoms with van der Waals surface area (Å²) in [4.78, 5) is 38.1. The molecule has 1 aromatic heterocycles. The predicted molar refractivity (Wildman–Crippen MR) is 96.5 cm³/mol. The molecule has 1 aromatic carbocycles. The number of nitrogens with zero attached hydrogens (tertiary/aromatic N) is 5. The molecule has 2 aliphatic heterocycles. The quantitative estimate of drug-likeness (QED) is 0.777. The van der Waals surface area contributed by atoms with Crippen molar-refractivity contribution in [3.8, 4) is 0 Å². The first-order chi connectivity index (χ1) is 11.9. The Hall–Kier alpha value is -2.55. The molecule has 0 saturated carbocycles. The molecule has 3 heterocycles. The molecule has 0 spiro atoms. The highest BCUT2D eigenvalue weighted by Crippen LogP contribution is 2.36. The molecular formula is C16H16BrN5O3. The molecule has 0 radical (unpaired) electrons. The van der Waals surface area contributed by atoms with Crippen molar-refractivity contribution in [2.24, 2.45) is 4.99 Å². The summed E-state index contributed by atoms with van der Waals surface area (Å²) in [5, 5.41) is 7.42. The van der Waals surface area contributed by atoms with E-state index in [1.54, 1.807) is 17.3 Å². The summed E-state index contributed by atoms with van der Waals surface area (Å²) >= 11 is 3.61. The van der Waals surface area contributed by atoms with Gasteiger partial charge in [-0.05, 0) is 35.0 Å². The molecule has 1 unspecified atom stereocenters. The molecule has 9 heteroatoms. The van der Waals surface area contributed by atoms with E-state index in [-0.39, 0.29) is 11.9 Å². The van der Waals surface area contributed by atoms with Crippen molar-refractivity contribution in [1.82, 2.24) is 14.9 Å². The molecular weight excluding hydrogens is 390 g/mol. The van der Waals surface area contributed by atoms with Crippen molar-refractivity contribution in [3.05, 3.63) is 29.0 Å². The lowest BCUT2D eigenvalue weighted by Crippen LogP contribution is -2.33. The number of carbonyl (C=O) groups is 2. The second-order valence-electron chi connectivity index (χ2n) is 5.56. The van der Waals surface area contributed by atoms with Gasteiger partial charge < -0.3 is 5.11 Å². The van der Waals surface area contributed by atoms with Crippen LogP contribution in [-0.4, -0.2) is 56.9 Å². The Morgan fingerprint density at radius 2 is 2.00 bits per heavy atom. The number of anilines is 1. The van der Waals surface area contributed by atoms with E-state index in [9.17, 15) is 4.79 Å². The van der Waals surface area contributed by atoms with E-state index in [1.165, 1.54) is 0 Å². The van der Waals surface area contributed by atoms with E-state index in [4.69, 9.17) is 9.90 Å². The number of guanidine groups is 1. The molecule has 0 aliphatic carbocycles. The van der Waals surface area contributed by atoms with Crippen LogP contribution in [0.1, 0.15) is 13.8 Å². The van der Waals surface area contributed by atoms with Crippen LogP contribution in [0.15, 0.2) is 34.0 Å². The number of rotatable bonds is 1. The molecule has 2 aromatic rings. The smallest absolute Gasteiger partial charge is 0.300 e. The highest BCUT2D eigenvalue weighted by atomic mass is 79.9. The minimum absolute atomic E-state index is 0.0948. The van der Waals surface area contributed by atoms with Gasteiger partial charge in [0.15, 0.2) is 0 Å². The van der Waals surface area contributed by atoms with E-state index in [0.29, 0.717) is 13.1 Å². The lowest BCUT2D eigenvalue weighted by Gasteiger charge is -2.22. The first kappa shape index (κ1) is 17.3. The van der Waals surface area contributed by atoms with Crippen LogP contribution in [0.2, 0.25) is 0 Å². The SMILES string of the molecule is CC(=O)O.CC1C(=O)N2CCN=C2N1c1ccc2nccnc2c1Br. The molecule has 2 aliphatic rings. The summed E-state index contributed by atoms with van der Waals surface area (Å²) in [6.45, 7) is 4.31. The molecule has 130 valence electrons. The Bertz CT molecular complexity index is 881. The molecule has 8 nitrogen and oxygen atoms in total. The Balaban J connectivity index is 0.000000415. The van der Waals surface area contributed by atoms with E-state index in [1.807, 2.05) is 24.0 Å². The molecule has 4 rings (SSSR count). The van der Waals surface area contributed by atoms with Gasteiger partial charge in [-0.3, -0.25) is 34.3 Å². The maximum atomic E-state index is 12.3. The number of carboxylic acids is 1. The lowest BCUT2D eigenvalue weighted by atomic mass is 10.2. The van der Waals surface area contributed by atoms with Gasteiger partial charge in [0.05, 0.1) is 22.2 Å². The molecule has 0 bridgehead atoms. The maximum absolute atomic E-state index is 12.3. The molecule has 1 N–H and O–H groups in total. The van der Waals surface area contributed by atoms with E-state index in [2.05, 4.69) is 30.9 Å². The Kier molecular flexibility index (Phi) is 4.67. The summed E-state index contributed by atoms with van der Waals surface area (Å²) in [6.07, 6.45) is 3.33. The predicted octanol–water partition coefficient (Wildman–Crippen LogP) is 1.89. The fraction of sp³-hybridized carbons (Fsp3) is 0.312. The highest BCUT2D eigenvalue weighted by molar-refractivity contribution is 9.10. The number of halogens is 1. The number of aliphatic imine (C=N–C) groups is 1. The van der Waals surface area contributed by atoms with Gasteiger partial charge >= 0.3 is 0 Å². The average Bonchev–Trinajstić information content (AvgIpc) is 3.13. The number of carboxylic acid groups (broad SMARTS) is 1. The van der Waals surface area contributed by atoms with Gasteiger partial charge in [0.25, 0.3) is 11.9 Å². The fourth-order valence-corrected chi connectivity index (χ4v) is 3.48. The van der Waals surface area contributed by atoms with Gasteiger partial charge in [-0.2, -0.15) is 0 Å². The molecule has 1 fully saturated rings. The summed E-state index contributed by atoms with van der Waals surface area (Å²) < 4.78 is 0.837. The Morgan fingerprint density at radius 1 is 1.32 bits per heavy atom. The van der Waals surface area contributed by atoms with Gasteiger partial charge in [-0.15, -0.1) is 0 Å². The molecule has 1 amide bonds. The van der Waals surface area contributed by atoms with E-state index < -0.39 is 5.97 Å². The van der Waals surface area contributed by atoms with E-state index >= 15 is 0 Å². The zero-order valence-electron chi connectivity index (χ0n) is 13.7. The first-order valence-electron chi connectivity index (χ1n) is 7.65. The Labute approximate surface area is 152 Å². The third-order valence-corrected chi connectivity index (χ3v) is 4.64. The molecule has 25 heavy (non-hydrogen) atoms. The number of aliphatic carboxylic acids is 1. The van der Waals surface area contributed by atoms with Crippen LogP contribution in [-0.2, 0) is 9.59 Å². The van der Waals surface area contributed by atoms with Crippen LogP contribution in [0.3, 0.4) is 0 Å². The van der Waals surface area contributed by atoms with Crippen molar-refractivity contribution < 1.29 is 14.7 Å². The van der Waals surface area contributed by atoms with Crippen molar-refractivity contribution in [2.45, 2.75) is 19.9 Å². The third-order valence-electron chi connectivity index (χ3n) is 3.86. The summed E-state index contributed by atoms with van der Waals surface area (Å²) in [7, 11) is 0. The number of aromatic nitrogens is 2. The largest absolute Gasteiger partial charge is 0.481 e. The number of fused-ring (bicyclic) bond motifs is 2. The second-order valence-corrected chi connectivity index (χ2v) is 6.35. The van der Waals surface area contributed by atoms with E-state index in [0.717, 1.165) is 34.1 Å². The number of amides is 1. The summed E-state index contributed by atoms with van der Waals surface area (Å²) in [5.74, 6) is -0.00571. The molecule has 1 atom stereocenters. The summed E-state index contributed by atoms with van der Waals surface area (Å²) in [6, 6.07) is 3.61. The minimum atomic E-state index is -0.833. The normalized spacial score (nSPS) is 18.8. The van der Waals surface area contributed by atoms with Gasteiger partial charge in [0, 0.05) is 25.9 Å². The fourth-order valence-electron chi connectivity index (χ4n) is 2.85. The van der Waals surface area contributed by atoms with Gasteiger partial charge in [-0.25, -0.2) is 0 Å². The van der Waals surface area contributed by atoms with Crippen molar-refractivity contribution in [1.29, 1.82) is 0 Å². The Morgan fingerprint density at radius 3 is 2.72 bits per heavy atom. The van der Waals surface area contributed by atoms with Crippen LogP contribution in [0, 0.1) is 0 Å². The minimum Gasteiger partial charge on any atom is -0.481 e. The van der Waals surface area contributed by atoms with Gasteiger partial charge in [0.2, 0.25) is 5.96 Å². The third kappa shape index (κ3) is 3.07. The second kappa shape index (κ2) is 6.75. The van der Waals surface area contributed by atoms with Gasteiger partial charge in [0.1, 0.15) is 11.6 Å². The summed E-state index contributed by atoms with van der Waals surface area (Å²) in [5.41, 5.74) is 2.50. The highest BCUT2D eigenvalue weighted by Gasteiger charge is 2.44. The van der Waals surface area contributed by atoms with Crippen LogP contribution in [0.5, 0.6) is 0 Å². The first-order valence-corrected chi connectivity index (χ1v) is 8.45. The number of hydrogen-bond acceptors (Lipinski definition) is 6. The van der Waals surface area contributed by atoms with Crippen molar-refractivity contribution >= 4 is 50.5 Å². The number of carbonyl (C=O) groups excluding carboxylic acids is 1. The average molecular weight is 406 g/mol. The zero-order chi connectivity index (χ0) is 18.1. The lowest BCUT2D eigenvalue weighted by molar-refractivity contribution is -0.134. The van der Waals surface area contributed by atoms with Crippen LogP contribution in [0.25, 0.3) is 11.0 Å². The number of benzene rings is 1. The topological polar surface area (TPSA) is 99.0 Å².